The SMILES string of the molecule is CCOc1cc(C(=O)OCC(=O)Nc2ccccc2Cl)cc(OCC)c1OCC. The summed E-state index contributed by atoms with van der Waals surface area (Å²) in [5, 5.41) is 2.98. The highest BCUT2D eigenvalue weighted by molar-refractivity contribution is 6.33. The zero-order chi connectivity index (χ0) is 21.2. The fourth-order valence-electron chi connectivity index (χ4n) is 2.47. The summed E-state index contributed by atoms with van der Waals surface area (Å²) in [6.07, 6.45) is 0. The maximum atomic E-state index is 12.5. The number of amides is 1. The Morgan fingerprint density at radius 3 is 2.07 bits per heavy atom. The summed E-state index contributed by atoms with van der Waals surface area (Å²) in [6, 6.07) is 9.79. The van der Waals surface area contributed by atoms with Gasteiger partial charge in [-0.2, -0.15) is 0 Å². The number of carbonyl (C=O) groups excluding carboxylic acids is 2. The first kappa shape index (κ1) is 22.4. The van der Waals surface area contributed by atoms with Crippen molar-refractivity contribution in [2.24, 2.45) is 0 Å². The average molecular weight is 422 g/mol. The topological polar surface area (TPSA) is 83.1 Å². The molecule has 0 heterocycles. The lowest BCUT2D eigenvalue weighted by Gasteiger charge is -2.16. The van der Waals surface area contributed by atoms with Gasteiger partial charge in [0.25, 0.3) is 5.91 Å². The van der Waals surface area contributed by atoms with Gasteiger partial charge in [-0.25, -0.2) is 4.79 Å². The number of ether oxygens (including phenoxy) is 4. The van der Waals surface area contributed by atoms with Gasteiger partial charge in [0.15, 0.2) is 18.1 Å². The molecule has 2 rings (SSSR count). The largest absolute Gasteiger partial charge is 0.490 e. The van der Waals surface area contributed by atoms with Crippen LogP contribution in [0.15, 0.2) is 36.4 Å². The molecule has 1 N–H and O–H groups in total. The van der Waals surface area contributed by atoms with Crippen molar-refractivity contribution in [1.29, 1.82) is 0 Å². The van der Waals surface area contributed by atoms with Crippen LogP contribution in [0.1, 0.15) is 31.1 Å². The quantitative estimate of drug-likeness (QED) is 0.575. The van der Waals surface area contributed by atoms with E-state index >= 15 is 0 Å². The zero-order valence-electron chi connectivity index (χ0n) is 16.6. The lowest BCUT2D eigenvalue weighted by Crippen LogP contribution is -2.21. The summed E-state index contributed by atoms with van der Waals surface area (Å²) in [6.45, 7) is 6.18. The van der Waals surface area contributed by atoms with E-state index in [0.717, 1.165) is 0 Å². The van der Waals surface area contributed by atoms with Crippen LogP contribution in [0.25, 0.3) is 0 Å². The molecular weight excluding hydrogens is 398 g/mol. The molecule has 0 saturated heterocycles. The van der Waals surface area contributed by atoms with Crippen LogP contribution in [-0.4, -0.2) is 38.3 Å². The summed E-state index contributed by atoms with van der Waals surface area (Å²) < 4.78 is 21.9. The van der Waals surface area contributed by atoms with Gasteiger partial charge in [-0.3, -0.25) is 4.79 Å². The van der Waals surface area contributed by atoms with Crippen LogP contribution >= 0.6 is 11.6 Å². The average Bonchev–Trinajstić information content (AvgIpc) is 2.70. The fourth-order valence-corrected chi connectivity index (χ4v) is 2.65. The number of rotatable bonds is 10. The Morgan fingerprint density at radius 1 is 0.931 bits per heavy atom. The number of nitrogens with one attached hydrogen (secondary N) is 1. The molecule has 0 aliphatic rings. The van der Waals surface area contributed by atoms with E-state index in [0.29, 0.717) is 47.8 Å². The van der Waals surface area contributed by atoms with E-state index < -0.39 is 18.5 Å². The van der Waals surface area contributed by atoms with Crippen molar-refractivity contribution in [3.8, 4) is 17.2 Å². The Labute approximate surface area is 174 Å². The summed E-state index contributed by atoms with van der Waals surface area (Å²) in [5.74, 6) is -0.0403. The second-order valence-electron chi connectivity index (χ2n) is 5.70. The minimum absolute atomic E-state index is 0.186. The third kappa shape index (κ3) is 6.29. The Hall–Kier alpha value is -2.93. The molecule has 1 amide bonds. The molecule has 0 fully saturated rings. The van der Waals surface area contributed by atoms with Crippen molar-refractivity contribution in [3.63, 3.8) is 0 Å². The minimum Gasteiger partial charge on any atom is -0.490 e. The summed E-state index contributed by atoms with van der Waals surface area (Å²) in [4.78, 5) is 24.5. The molecule has 2 aromatic carbocycles. The first-order valence-electron chi connectivity index (χ1n) is 9.28. The monoisotopic (exact) mass is 421 g/mol. The molecule has 0 aliphatic heterocycles. The van der Waals surface area contributed by atoms with Crippen LogP contribution in [0, 0.1) is 0 Å². The number of halogens is 1. The second-order valence-corrected chi connectivity index (χ2v) is 6.11. The molecule has 0 radical (unpaired) electrons. The first-order valence-corrected chi connectivity index (χ1v) is 9.65. The molecule has 8 heteroatoms. The van der Waals surface area contributed by atoms with Crippen molar-refractivity contribution in [1.82, 2.24) is 0 Å². The maximum Gasteiger partial charge on any atom is 0.338 e. The third-order valence-electron chi connectivity index (χ3n) is 3.63. The number of hydrogen-bond donors (Lipinski definition) is 1. The normalized spacial score (nSPS) is 10.2. The number of benzene rings is 2. The molecule has 29 heavy (non-hydrogen) atoms. The van der Waals surface area contributed by atoms with Crippen LogP contribution in [0.2, 0.25) is 5.02 Å². The smallest absolute Gasteiger partial charge is 0.338 e. The highest BCUT2D eigenvalue weighted by atomic mass is 35.5. The molecule has 0 aliphatic carbocycles. The van der Waals surface area contributed by atoms with E-state index in [1.54, 1.807) is 24.3 Å². The zero-order valence-corrected chi connectivity index (χ0v) is 17.4. The van der Waals surface area contributed by atoms with Crippen molar-refractivity contribution in [2.75, 3.05) is 31.7 Å². The molecule has 2 aromatic rings. The predicted octanol–water partition coefficient (Wildman–Crippen LogP) is 4.33. The van der Waals surface area contributed by atoms with Crippen LogP contribution in [0.4, 0.5) is 5.69 Å². The lowest BCUT2D eigenvalue weighted by molar-refractivity contribution is -0.119. The van der Waals surface area contributed by atoms with Gasteiger partial charge in [-0.05, 0) is 45.0 Å². The summed E-state index contributed by atoms with van der Waals surface area (Å²) >= 11 is 6.00. The van der Waals surface area contributed by atoms with E-state index in [-0.39, 0.29) is 5.56 Å². The molecule has 0 saturated carbocycles. The van der Waals surface area contributed by atoms with E-state index in [9.17, 15) is 9.59 Å². The van der Waals surface area contributed by atoms with Gasteiger partial charge in [-0.15, -0.1) is 0 Å². The molecule has 0 atom stereocenters. The van der Waals surface area contributed by atoms with Crippen molar-refractivity contribution >= 4 is 29.2 Å². The van der Waals surface area contributed by atoms with E-state index in [4.69, 9.17) is 30.5 Å². The molecule has 0 unspecified atom stereocenters. The Kier molecular flexibility index (Phi) is 8.61. The van der Waals surface area contributed by atoms with Crippen LogP contribution in [0.5, 0.6) is 17.2 Å². The van der Waals surface area contributed by atoms with E-state index in [1.165, 1.54) is 12.1 Å². The van der Waals surface area contributed by atoms with Gasteiger partial charge in [0, 0.05) is 0 Å². The summed E-state index contributed by atoms with van der Waals surface area (Å²) in [7, 11) is 0. The molecule has 7 nitrogen and oxygen atoms in total. The fraction of sp³-hybridized carbons (Fsp3) is 0.333. The van der Waals surface area contributed by atoms with Crippen molar-refractivity contribution < 1.29 is 28.5 Å². The van der Waals surface area contributed by atoms with E-state index in [1.807, 2.05) is 20.8 Å². The Balaban J connectivity index is 2.12. The summed E-state index contributed by atoms with van der Waals surface area (Å²) in [5.41, 5.74) is 0.624. The van der Waals surface area contributed by atoms with Gasteiger partial charge in [-0.1, -0.05) is 23.7 Å². The standard InChI is InChI=1S/C21H24ClNO6/c1-4-26-17-11-14(12-18(27-5-2)20(17)28-6-3)21(25)29-13-19(24)23-16-10-8-7-9-15(16)22/h7-12H,4-6,13H2,1-3H3,(H,23,24). The molecule has 0 bridgehead atoms. The number of hydrogen-bond acceptors (Lipinski definition) is 6. The molecular formula is C21H24ClNO6. The number of esters is 1. The second kappa shape index (κ2) is 11.2. The van der Waals surface area contributed by atoms with E-state index in [2.05, 4.69) is 5.32 Å². The van der Waals surface area contributed by atoms with Gasteiger partial charge >= 0.3 is 5.97 Å². The number of anilines is 1. The molecule has 0 spiro atoms. The van der Waals surface area contributed by atoms with Gasteiger partial charge in [0.2, 0.25) is 5.75 Å². The van der Waals surface area contributed by atoms with Gasteiger partial charge in [0.05, 0.1) is 36.1 Å². The van der Waals surface area contributed by atoms with Crippen molar-refractivity contribution in [2.45, 2.75) is 20.8 Å². The Morgan fingerprint density at radius 2 is 1.52 bits per heavy atom. The third-order valence-corrected chi connectivity index (χ3v) is 3.96. The molecule has 0 aromatic heterocycles. The predicted molar refractivity (Wildman–Crippen MR) is 110 cm³/mol. The van der Waals surface area contributed by atoms with Gasteiger partial charge in [0.1, 0.15) is 0 Å². The lowest BCUT2D eigenvalue weighted by atomic mass is 10.2. The molecule has 156 valence electrons. The number of para-hydroxylation sites is 1. The van der Waals surface area contributed by atoms with Crippen LogP contribution in [0.3, 0.4) is 0 Å². The van der Waals surface area contributed by atoms with Crippen LogP contribution in [-0.2, 0) is 9.53 Å². The highest BCUT2D eigenvalue weighted by Gasteiger charge is 2.20. The maximum absolute atomic E-state index is 12.5. The van der Waals surface area contributed by atoms with Gasteiger partial charge < -0.3 is 24.3 Å². The Bertz CT molecular complexity index is 828. The highest BCUT2D eigenvalue weighted by Crippen LogP contribution is 2.39. The van der Waals surface area contributed by atoms with Crippen LogP contribution < -0.4 is 19.5 Å². The first-order chi connectivity index (χ1) is 14.0. The number of carbonyl (C=O) groups is 2. The minimum atomic E-state index is -0.690. The van der Waals surface area contributed by atoms with Crippen molar-refractivity contribution in [3.05, 3.63) is 47.0 Å².